The molecule has 8 nitrogen and oxygen atoms in total. The number of rotatable bonds is 5. The van der Waals surface area contributed by atoms with E-state index in [4.69, 9.17) is 4.42 Å². The highest BCUT2D eigenvalue weighted by molar-refractivity contribution is 5.92. The molecule has 0 aliphatic carbocycles. The molecule has 0 aliphatic heterocycles. The van der Waals surface area contributed by atoms with Gasteiger partial charge in [0.1, 0.15) is 17.3 Å². The van der Waals surface area contributed by atoms with Crippen molar-refractivity contribution in [1.29, 1.82) is 0 Å². The Bertz CT molecular complexity index is 1260. The van der Waals surface area contributed by atoms with Crippen molar-refractivity contribution >= 4 is 11.7 Å². The summed E-state index contributed by atoms with van der Waals surface area (Å²) in [5.41, 5.74) is 1.87. The topological polar surface area (TPSA) is 106 Å². The smallest absolute Gasteiger partial charge is 0.255 e. The summed E-state index contributed by atoms with van der Waals surface area (Å²) < 4.78 is 19.8. The minimum absolute atomic E-state index is 0.0401. The number of carbonyl (C=O) groups is 1. The van der Waals surface area contributed by atoms with Crippen LogP contribution in [0.1, 0.15) is 16.8 Å². The van der Waals surface area contributed by atoms with Gasteiger partial charge in [-0.15, -0.1) is 0 Å². The van der Waals surface area contributed by atoms with Crippen LogP contribution in [0.15, 0.2) is 57.9 Å². The lowest BCUT2D eigenvalue weighted by molar-refractivity contribution is -0.115. The molecule has 0 spiro atoms. The van der Waals surface area contributed by atoms with E-state index in [1.807, 2.05) is 0 Å². The van der Waals surface area contributed by atoms with Crippen LogP contribution in [0.3, 0.4) is 0 Å². The fourth-order valence-electron chi connectivity index (χ4n) is 2.88. The zero-order valence-corrected chi connectivity index (χ0v) is 16.3. The predicted octanol–water partition coefficient (Wildman–Crippen LogP) is 3.15. The number of amides is 1. The number of benzene rings is 1. The lowest BCUT2D eigenvalue weighted by Crippen LogP contribution is -2.21. The zero-order valence-electron chi connectivity index (χ0n) is 16.3. The van der Waals surface area contributed by atoms with Crippen LogP contribution in [0.5, 0.6) is 0 Å². The lowest BCUT2D eigenvalue weighted by atomic mass is 10.1. The minimum atomic E-state index is -0.370. The monoisotopic (exact) mass is 407 g/mol. The summed E-state index contributed by atoms with van der Waals surface area (Å²) in [5, 5.41) is 7.20. The molecule has 1 aromatic carbocycles. The van der Waals surface area contributed by atoms with E-state index in [0.29, 0.717) is 34.1 Å². The van der Waals surface area contributed by atoms with Gasteiger partial charge in [-0.25, -0.2) is 9.37 Å². The number of nitrogens with one attached hydrogen (secondary N) is 2. The van der Waals surface area contributed by atoms with Crippen molar-refractivity contribution in [1.82, 2.24) is 19.7 Å². The standard InChI is InChI=1S/C21H18FN5O3/c1-12-13(2)23-21(25-20(12)29)27-18(11-16(26-27)17-4-3-9-30-17)24-19(28)10-14-5-7-15(22)8-6-14/h3-9,11H,10H2,1-2H3,(H,24,28)(H,23,25,29). The molecule has 0 atom stereocenters. The third kappa shape index (κ3) is 3.90. The van der Waals surface area contributed by atoms with Gasteiger partial charge in [-0.05, 0) is 43.7 Å². The van der Waals surface area contributed by atoms with Crippen molar-refractivity contribution in [3.05, 3.63) is 81.7 Å². The Balaban J connectivity index is 1.70. The first-order chi connectivity index (χ1) is 14.4. The summed E-state index contributed by atoms with van der Waals surface area (Å²) in [7, 11) is 0. The Morgan fingerprint density at radius 1 is 1.23 bits per heavy atom. The molecule has 0 radical (unpaired) electrons. The van der Waals surface area contributed by atoms with Gasteiger partial charge in [-0.2, -0.15) is 9.78 Å². The van der Waals surface area contributed by atoms with E-state index < -0.39 is 0 Å². The number of H-pyrrole nitrogens is 1. The molecule has 2 N–H and O–H groups in total. The number of hydrogen-bond acceptors (Lipinski definition) is 5. The Hall–Kier alpha value is -4.01. The maximum absolute atomic E-state index is 13.1. The van der Waals surface area contributed by atoms with Crippen LogP contribution >= 0.6 is 0 Å². The number of aromatic amines is 1. The van der Waals surface area contributed by atoms with E-state index in [-0.39, 0.29) is 29.7 Å². The number of hydrogen-bond donors (Lipinski definition) is 2. The Morgan fingerprint density at radius 3 is 2.67 bits per heavy atom. The number of furan rings is 1. The number of aryl methyl sites for hydroxylation is 1. The summed E-state index contributed by atoms with van der Waals surface area (Å²) in [4.78, 5) is 31.8. The van der Waals surface area contributed by atoms with Gasteiger partial charge in [0.15, 0.2) is 5.76 Å². The van der Waals surface area contributed by atoms with Crippen LogP contribution < -0.4 is 10.9 Å². The number of anilines is 1. The molecule has 0 aliphatic rings. The van der Waals surface area contributed by atoms with E-state index >= 15 is 0 Å². The highest BCUT2D eigenvalue weighted by atomic mass is 19.1. The SMILES string of the molecule is Cc1nc(-n2nc(-c3ccco3)cc2NC(=O)Cc2ccc(F)cc2)[nH]c(=O)c1C. The fourth-order valence-corrected chi connectivity index (χ4v) is 2.88. The van der Waals surface area contributed by atoms with Crippen molar-refractivity contribution in [2.24, 2.45) is 0 Å². The first-order valence-corrected chi connectivity index (χ1v) is 9.17. The van der Waals surface area contributed by atoms with Gasteiger partial charge in [0, 0.05) is 17.3 Å². The van der Waals surface area contributed by atoms with Crippen molar-refractivity contribution in [2.45, 2.75) is 20.3 Å². The predicted molar refractivity (Wildman–Crippen MR) is 108 cm³/mol. The molecule has 0 saturated carbocycles. The summed E-state index contributed by atoms with van der Waals surface area (Å²) in [6, 6.07) is 10.8. The van der Waals surface area contributed by atoms with Gasteiger partial charge >= 0.3 is 0 Å². The van der Waals surface area contributed by atoms with Gasteiger partial charge < -0.3 is 9.73 Å². The highest BCUT2D eigenvalue weighted by Crippen LogP contribution is 2.24. The third-order valence-corrected chi connectivity index (χ3v) is 4.61. The average Bonchev–Trinajstić information content (AvgIpc) is 3.37. The molecule has 0 bridgehead atoms. The van der Waals surface area contributed by atoms with Gasteiger partial charge in [0.2, 0.25) is 11.9 Å². The molecule has 3 heterocycles. The molecular formula is C21H18FN5O3. The molecule has 1 amide bonds. The third-order valence-electron chi connectivity index (χ3n) is 4.61. The number of aromatic nitrogens is 4. The summed E-state index contributed by atoms with van der Waals surface area (Å²) in [6.07, 6.45) is 1.55. The number of halogens is 1. The molecule has 0 unspecified atom stereocenters. The second-order valence-corrected chi connectivity index (χ2v) is 6.76. The van der Waals surface area contributed by atoms with Crippen LogP contribution in [-0.2, 0) is 11.2 Å². The molecule has 0 fully saturated rings. The van der Waals surface area contributed by atoms with Crippen LogP contribution in [-0.4, -0.2) is 25.7 Å². The Kier molecular flexibility index (Phi) is 5.01. The molecule has 4 rings (SSSR count). The molecule has 3 aromatic heterocycles. The van der Waals surface area contributed by atoms with E-state index in [0.717, 1.165) is 0 Å². The molecular weight excluding hydrogens is 389 g/mol. The van der Waals surface area contributed by atoms with Gasteiger partial charge in [-0.1, -0.05) is 12.1 Å². The summed E-state index contributed by atoms with van der Waals surface area (Å²) in [6.45, 7) is 3.39. The normalized spacial score (nSPS) is 10.9. The van der Waals surface area contributed by atoms with Crippen molar-refractivity contribution < 1.29 is 13.6 Å². The molecule has 9 heteroatoms. The van der Waals surface area contributed by atoms with Crippen LogP contribution in [0.2, 0.25) is 0 Å². The van der Waals surface area contributed by atoms with Crippen LogP contribution in [0.25, 0.3) is 17.4 Å². The second kappa shape index (κ2) is 7.78. The largest absolute Gasteiger partial charge is 0.463 e. The lowest BCUT2D eigenvalue weighted by Gasteiger charge is -2.09. The van der Waals surface area contributed by atoms with Crippen LogP contribution in [0.4, 0.5) is 10.2 Å². The van der Waals surface area contributed by atoms with Crippen molar-refractivity contribution in [3.8, 4) is 17.4 Å². The van der Waals surface area contributed by atoms with Gasteiger partial charge in [-0.3, -0.25) is 14.6 Å². The first-order valence-electron chi connectivity index (χ1n) is 9.17. The second-order valence-electron chi connectivity index (χ2n) is 6.76. The summed E-state index contributed by atoms with van der Waals surface area (Å²) in [5.74, 6) is 0.261. The van der Waals surface area contributed by atoms with E-state index in [1.54, 1.807) is 44.2 Å². The molecule has 30 heavy (non-hydrogen) atoms. The fraction of sp³-hybridized carbons (Fsp3) is 0.143. The highest BCUT2D eigenvalue weighted by Gasteiger charge is 2.18. The molecule has 152 valence electrons. The quantitative estimate of drug-likeness (QED) is 0.529. The van der Waals surface area contributed by atoms with Gasteiger partial charge in [0.25, 0.3) is 5.56 Å². The first kappa shape index (κ1) is 19.3. The van der Waals surface area contributed by atoms with Gasteiger partial charge in [0.05, 0.1) is 12.7 Å². The van der Waals surface area contributed by atoms with E-state index in [9.17, 15) is 14.0 Å². The van der Waals surface area contributed by atoms with Crippen LogP contribution in [0, 0.1) is 19.7 Å². The zero-order chi connectivity index (χ0) is 21.3. The maximum atomic E-state index is 13.1. The van der Waals surface area contributed by atoms with Crippen molar-refractivity contribution in [2.75, 3.05) is 5.32 Å². The Morgan fingerprint density at radius 2 is 2.00 bits per heavy atom. The molecule has 0 saturated heterocycles. The average molecular weight is 407 g/mol. The Labute approximate surface area is 170 Å². The number of carbonyl (C=O) groups excluding carboxylic acids is 1. The minimum Gasteiger partial charge on any atom is -0.463 e. The summed E-state index contributed by atoms with van der Waals surface area (Å²) >= 11 is 0. The van der Waals surface area contributed by atoms with E-state index in [1.165, 1.54) is 23.1 Å². The van der Waals surface area contributed by atoms with Crippen molar-refractivity contribution in [3.63, 3.8) is 0 Å². The van der Waals surface area contributed by atoms with E-state index in [2.05, 4.69) is 20.4 Å². The number of nitrogens with zero attached hydrogens (tertiary/aromatic N) is 3. The molecule has 4 aromatic rings. The maximum Gasteiger partial charge on any atom is 0.255 e.